The van der Waals surface area contributed by atoms with Gasteiger partial charge in [-0.15, -0.1) is 0 Å². The number of hydrogen-bond donors (Lipinski definition) is 1. The summed E-state index contributed by atoms with van der Waals surface area (Å²) in [7, 11) is 1.54. The summed E-state index contributed by atoms with van der Waals surface area (Å²) in [4.78, 5) is 25.8. The lowest BCUT2D eigenvalue weighted by atomic mass is 9.95. The molecular weight excluding hydrogens is 314 g/mol. The lowest BCUT2D eigenvalue weighted by Crippen LogP contribution is -2.24. The van der Waals surface area contributed by atoms with E-state index in [1.807, 2.05) is 6.07 Å². The van der Waals surface area contributed by atoms with Crippen molar-refractivity contribution >= 4 is 29.1 Å². The van der Waals surface area contributed by atoms with Gasteiger partial charge in [0.15, 0.2) is 0 Å². The Bertz CT molecular complexity index is 814. The van der Waals surface area contributed by atoms with E-state index in [4.69, 9.17) is 11.6 Å². The van der Waals surface area contributed by atoms with E-state index >= 15 is 0 Å². The first-order valence-electron chi connectivity index (χ1n) is 7.06. The second-order valence-corrected chi connectivity index (χ2v) is 5.77. The molecular formula is C18H14ClNO3. The number of Topliss-reactive ketones (excluding diaryl/α,β-unsaturated/α-hetero) is 1. The molecule has 1 heterocycles. The molecule has 1 fully saturated rings. The molecule has 2 aromatic carbocycles. The molecule has 116 valence electrons. The van der Waals surface area contributed by atoms with E-state index in [-0.39, 0.29) is 11.3 Å². The maximum atomic E-state index is 12.4. The Kier molecular flexibility index (Phi) is 3.92. The van der Waals surface area contributed by atoms with Crippen molar-refractivity contribution in [3.05, 3.63) is 76.3 Å². The van der Waals surface area contributed by atoms with Crippen molar-refractivity contribution in [2.45, 2.75) is 6.04 Å². The van der Waals surface area contributed by atoms with Crippen LogP contribution >= 0.6 is 11.6 Å². The van der Waals surface area contributed by atoms with E-state index in [9.17, 15) is 14.7 Å². The summed E-state index contributed by atoms with van der Waals surface area (Å²) in [5.41, 5.74) is 1.24. The van der Waals surface area contributed by atoms with Crippen molar-refractivity contribution in [1.29, 1.82) is 0 Å². The molecule has 5 heteroatoms. The fourth-order valence-electron chi connectivity index (χ4n) is 2.77. The number of amides is 1. The topological polar surface area (TPSA) is 57.6 Å². The van der Waals surface area contributed by atoms with Crippen LogP contribution in [0, 0.1) is 0 Å². The molecule has 0 bridgehead atoms. The predicted molar refractivity (Wildman–Crippen MR) is 88.0 cm³/mol. The molecule has 3 rings (SSSR count). The van der Waals surface area contributed by atoms with E-state index in [2.05, 4.69) is 0 Å². The van der Waals surface area contributed by atoms with Crippen LogP contribution in [0.25, 0.3) is 5.76 Å². The third-order valence-electron chi connectivity index (χ3n) is 3.89. The molecule has 23 heavy (non-hydrogen) atoms. The molecule has 1 amide bonds. The minimum atomic E-state index is -0.696. The molecule has 0 radical (unpaired) electrons. The first kappa shape index (κ1) is 15.3. The third kappa shape index (κ3) is 2.62. The number of carbonyl (C=O) groups excluding carboxylic acids is 2. The number of carbonyl (C=O) groups is 2. The van der Waals surface area contributed by atoms with Gasteiger partial charge in [-0.1, -0.05) is 54.1 Å². The Morgan fingerprint density at radius 3 is 2.43 bits per heavy atom. The number of aliphatic hydroxyl groups excluding tert-OH is 1. The van der Waals surface area contributed by atoms with Crippen molar-refractivity contribution in [3.8, 4) is 0 Å². The van der Waals surface area contributed by atoms with Gasteiger partial charge in [0.1, 0.15) is 5.76 Å². The van der Waals surface area contributed by atoms with Crippen LogP contribution in [0.3, 0.4) is 0 Å². The number of benzene rings is 2. The van der Waals surface area contributed by atoms with Crippen LogP contribution < -0.4 is 0 Å². The summed E-state index contributed by atoms with van der Waals surface area (Å²) in [6, 6.07) is 15.0. The average molecular weight is 328 g/mol. The van der Waals surface area contributed by atoms with Crippen LogP contribution in [0.5, 0.6) is 0 Å². The second-order valence-electron chi connectivity index (χ2n) is 5.33. The average Bonchev–Trinajstić information content (AvgIpc) is 2.79. The van der Waals surface area contributed by atoms with Crippen LogP contribution in [0.1, 0.15) is 17.2 Å². The predicted octanol–water partition coefficient (Wildman–Crippen LogP) is 3.39. The number of hydrogen-bond acceptors (Lipinski definition) is 3. The summed E-state index contributed by atoms with van der Waals surface area (Å²) in [6.45, 7) is 0. The molecule has 1 N–H and O–H groups in total. The van der Waals surface area contributed by atoms with E-state index < -0.39 is 17.7 Å². The van der Waals surface area contributed by atoms with E-state index in [1.165, 1.54) is 11.9 Å². The van der Waals surface area contributed by atoms with Crippen molar-refractivity contribution < 1.29 is 14.7 Å². The van der Waals surface area contributed by atoms with Gasteiger partial charge in [-0.05, 0) is 17.7 Å². The molecule has 1 atom stereocenters. The van der Waals surface area contributed by atoms with Gasteiger partial charge in [0.2, 0.25) is 0 Å². The van der Waals surface area contributed by atoms with Crippen LogP contribution in [0.2, 0.25) is 5.02 Å². The Morgan fingerprint density at radius 2 is 1.78 bits per heavy atom. The Morgan fingerprint density at radius 1 is 1.09 bits per heavy atom. The van der Waals surface area contributed by atoms with Gasteiger partial charge in [0, 0.05) is 17.6 Å². The zero-order valence-electron chi connectivity index (χ0n) is 12.4. The number of rotatable bonds is 2. The van der Waals surface area contributed by atoms with E-state index in [0.717, 1.165) is 0 Å². The summed E-state index contributed by atoms with van der Waals surface area (Å²) in [6.07, 6.45) is 0. The molecule has 0 aromatic heterocycles. The van der Waals surface area contributed by atoms with Gasteiger partial charge in [-0.25, -0.2) is 0 Å². The number of ketones is 1. The van der Waals surface area contributed by atoms with Crippen molar-refractivity contribution in [3.63, 3.8) is 0 Å². The van der Waals surface area contributed by atoms with Gasteiger partial charge in [0.25, 0.3) is 11.7 Å². The summed E-state index contributed by atoms with van der Waals surface area (Å²) < 4.78 is 0. The lowest BCUT2D eigenvalue weighted by Gasteiger charge is -2.21. The van der Waals surface area contributed by atoms with Gasteiger partial charge in [0.05, 0.1) is 11.6 Å². The second kappa shape index (κ2) is 5.89. The van der Waals surface area contributed by atoms with Crippen molar-refractivity contribution in [2.75, 3.05) is 7.05 Å². The number of halogens is 1. The molecule has 1 saturated heterocycles. The van der Waals surface area contributed by atoms with Crippen molar-refractivity contribution in [1.82, 2.24) is 4.90 Å². The fraction of sp³-hybridized carbons (Fsp3) is 0.111. The number of likely N-dealkylation sites (N-methyl/N-ethyl adjacent to an activating group) is 1. The molecule has 0 saturated carbocycles. The largest absolute Gasteiger partial charge is 0.507 e. The van der Waals surface area contributed by atoms with Gasteiger partial charge in [-0.2, -0.15) is 0 Å². The molecule has 1 aliphatic rings. The highest BCUT2D eigenvalue weighted by atomic mass is 35.5. The summed E-state index contributed by atoms with van der Waals surface area (Å²) in [5, 5.41) is 11.1. The minimum Gasteiger partial charge on any atom is -0.507 e. The first-order valence-corrected chi connectivity index (χ1v) is 7.44. The van der Waals surface area contributed by atoms with E-state index in [0.29, 0.717) is 16.1 Å². The Labute approximate surface area is 138 Å². The number of nitrogens with zero attached hydrogens (tertiary/aromatic N) is 1. The lowest BCUT2D eigenvalue weighted by molar-refractivity contribution is -0.139. The maximum absolute atomic E-state index is 12.4. The Hall–Kier alpha value is -2.59. The summed E-state index contributed by atoms with van der Waals surface area (Å²) in [5.74, 6) is -1.52. The molecule has 4 nitrogen and oxygen atoms in total. The van der Waals surface area contributed by atoms with Gasteiger partial charge >= 0.3 is 0 Å². The minimum absolute atomic E-state index is 0.0750. The highest BCUT2D eigenvalue weighted by molar-refractivity contribution is 6.46. The molecule has 2 aromatic rings. The SMILES string of the molecule is CN1C(=O)C(=O)/C(=C(\O)c2ccccc2)C1c1cccc(Cl)c1. The van der Waals surface area contributed by atoms with Crippen LogP contribution in [-0.2, 0) is 9.59 Å². The summed E-state index contributed by atoms with van der Waals surface area (Å²) >= 11 is 6.02. The highest BCUT2D eigenvalue weighted by Crippen LogP contribution is 2.38. The normalized spacial score (nSPS) is 20.1. The third-order valence-corrected chi connectivity index (χ3v) is 4.12. The van der Waals surface area contributed by atoms with Crippen LogP contribution in [0.15, 0.2) is 60.2 Å². The molecule has 0 aliphatic carbocycles. The smallest absolute Gasteiger partial charge is 0.295 e. The zero-order valence-corrected chi connectivity index (χ0v) is 13.1. The quantitative estimate of drug-likeness (QED) is 0.522. The molecule has 1 unspecified atom stereocenters. The number of likely N-dealkylation sites (tertiary alicyclic amines) is 1. The van der Waals surface area contributed by atoms with E-state index in [1.54, 1.807) is 48.5 Å². The van der Waals surface area contributed by atoms with Crippen LogP contribution in [-0.4, -0.2) is 28.7 Å². The monoisotopic (exact) mass is 327 g/mol. The first-order chi connectivity index (χ1) is 11.0. The highest BCUT2D eigenvalue weighted by Gasteiger charge is 2.44. The van der Waals surface area contributed by atoms with Crippen molar-refractivity contribution in [2.24, 2.45) is 0 Å². The zero-order chi connectivity index (χ0) is 16.6. The maximum Gasteiger partial charge on any atom is 0.295 e. The standard InChI is InChI=1S/C18H14ClNO3/c1-20-15(12-8-5-9-13(19)10-12)14(17(22)18(20)23)16(21)11-6-3-2-4-7-11/h2-10,15,21H,1H3/b16-14-. The van der Waals surface area contributed by atoms with Crippen LogP contribution in [0.4, 0.5) is 0 Å². The fourth-order valence-corrected chi connectivity index (χ4v) is 2.96. The number of aliphatic hydroxyl groups is 1. The Balaban J connectivity index is 2.19. The molecule has 1 aliphatic heterocycles. The molecule has 0 spiro atoms. The van der Waals surface area contributed by atoms with Gasteiger partial charge < -0.3 is 10.0 Å². The van der Waals surface area contributed by atoms with Gasteiger partial charge in [-0.3, -0.25) is 9.59 Å².